The lowest BCUT2D eigenvalue weighted by Gasteiger charge is -2.27. The van der Waals surface area contributed by atoms with Crippen LogP contribution in [0.25, 0.3) is 27.7 Å². The van der Waals surface area contributed by atoms with Gasteiger partial charge in [-0.2, -0.15) is 0 Å². The highest BCUT2D eigenvalue weighted by molar-refractivity contribution is 6.04. The number of carboxylic acids is 1. The minimum Gasteiger partial charge on any atom is -0.504 e. The van der Waals surface area contributed by atoms with Crippen LogP contribution in [0.1, 0.15) is 35.5 Å². The molecule has 33 heavy (non-hydrogen) atoms. The van der Waals surface area contributed by atoms with Crippen molar-refractivity contribution in [2.75, 3.05) is 6.61 Å². The summed E-state index contributed by atoms with van der Waals surface area (Å²) in [5.74, 6) is -2.84. The number of aliphatic hydroxyl groups excluding tert-OH is 1. The monoisotopic (exact) mass is 451 g/mol. The first kappa shape index (κ1) is 22.5. The number of phenols is 1. The molecule has 1 heterocycles. The largest absolute Gasteiger partial charge is 0.504 e. The lowest BCUT2D eigenvalue weighted by Crippen LogP contribution is -2.26. The molecule has 0 unspecified atom stereocenters. The van der Waals surface area contributed by atoms with E-state index in [0.29, 0.717) is 33.6 Å². The highest BCUT2D eigenvalue weighted by Gasteiger charge is 2.33. The Labute approximate surface area is 189 Å². The Hall–Kier alpha value is -3.71. The van der Waals surface area contributed by atoms with E-state index in [4.69, 9.17) is 0 Å². The number of rotatable bonds is 5. The number of carbonyl (C=O) groups is 1. The van der Waals surface area contributed by atoms with Crippen LogP contribution in [0.2, 0.25) is 0 Å². The van der Waals surface area contributed by atoms with Crippen molar-refractivity contribution in [3.63, 3.8) is 0 Å². The van der Waals surface area contributed by atoms with Gasteiger partial charge < -0.3 is 19.9 Å². The summed E-state index contributed by atoms with van der Waals surface area (Å²) < 4.78 is 30.3. The maximum absolute atomic E-state index is 14.5. The van der Waals surface area contributed by atoms with Crippen LogP contribution in [0, 0.1) is 18.6 Å². The Balaban J connectivity index is 2.20. The van der Waals surface area contributed by atoms with Crippen LogP contribution in [0.15, 0.2) is 54.6 Å². The number of hydrogen-bond donors (Lipinski definition) is 3. The molecule has 0 saturated carbocycles. The smallest absolute Gasteiger partial charge is 0.335 e. The molecule has 0 aliphatic rings. The summed E-state index contributed by atoms with van der Waals surface area (Å²) in [5.41, 5.74) is 2.22. The number of aromatic carboxylic acids is 1. The molecular formula is C26H23F2NO4. The molecule has 0 spiro atoms. The van der Waals surface area contributed by atoms with Crippen molar-refractivity contribution in [2.24, 2.45) is 0 Å². The summed E-state index contributed by atoms with van der Waals surface area (Å²) in [7, 11) is 0. The molecule has 0 aliphatic carbocycles. The van der Waals surface area contributed by atoms with Crippen LogP contribution in [0.5, 0.6) is 5.75 Å². The van der Waals surface area contributed by atoms with Crippen molar-refractivity contribution in [1.82, 2.24) is 4.57 Å². The molecular weight excluding hydrogens is 428 g/mol. The quantitative estimate of drug-likeness (QED) is 0.371. The van der Waals surface area contributed by atoms with E-state index in [-0.39, 0.29) is 23.4 Å². The Kier molecular flexibility index (Phi) is 5.46. The molecule has 1 aromatic heterocycles. The molecule has 0 atom stereocenters. The van der Waals surface area contributed by atoms with E-state index in [0.717, 1.165) is 6.07 Å². The zero-order valence-electron chi connectivity index (χ0n) is 18.4. The van der Waals surface area contributed by atoms with Crippen LogP contribution in [0.3, 0.4) is 0 Å². The topological polar surface area (TPSA) is 82.7 Å². The molecule has 170 valence electrons. The summed E-state index contributed by atoms with van der Waals surface area (Å²) in [6.07, 6.45) is 0. The summed E-state index contributed by atoms with van der Waals surface area (Å²) in [6, 6.07) is 13.2. The lowest BCUT2D eigenvalue weighted by molar-refractivity contribution is 0.0697. The van der Waals surface area contributed by atoms with Gasteiger partial charge in [0.2, 0.25) is 0 Å². The van der Waals surface area contributed by atoms with Gasteiger partial charge in [0.05, 0.1) is 23.1 Å². The average Bonchev–Trinajstić information content (AvgIpc) is 3.15. The Morgan fingerprint density at radius 2 is 1.64 bits per heavy atom. The molecule has 4 aromatic rings. The van der Waals surface area contributed by atoms with E-state index in [2.05, 4.69) is 0 Å². The maximum atomic E-state index is 14.5. The standard InChI is InChI=1S/C26H23F2NO4/c1-14-12-17(8-9-18(14)27)29-20-11-10-19(28)23(31)22(20)21(24(29)26(2,3)13-30)15-4-6-16(7-5-15)25(32)33/h4-12,30-31H,13H2,1-3H3,(H,32,33). The number of hydrogen-bond acceptors (Lipinski definition) is 3. The van der Waals surface area contributed by atoms with Crippen molar-refractivity contribution in [2.45, 2.75) is 26.2 Å². The molecule has 3 aromatic carbocycles. The Morgan fingerprint density at radius 3 is 2.21 bits per heavy atom. The first-order valence-corrected chi connectivity index (χ1v) is 10.3. The number of fused-ring (bicyclic) bond motifs is 1. The third kappa shape index (κ3) is 3.64. The van der Waals surface area contributed by atoms with E-state index >= 15 is 0 Å². The molecule has 0 fully saturated rings. The Bertz CT molecular complexity index is 1390. The highest BCUT2D eigenvalue weighted by atomic mass is 19.1. The summed E-state index contributed by atoms with van der Waals surface area (Å²) in [4.78, 5) is 11.3. The van der Waals surface area contributed by atoms with Gasteiger partial charge in [0.25, 0.3) is 0 Å². The number of aliphatic hydroxyl groups is 1. The molecule has 0 aliphatic heterocycles. The summed E-state index contributed by atoms with van der Waals surface area (Å²) in [5, 5.41) is 30.5. The third-order valence-electron chi connectivity index (χ3n) is 5.91. The van der Waals surface area contributed by atoms with Crippen molar-refractivity contribution >= 4 is 16.9 Å². The van der Waals surface area contributed by atoms with Gasteiger partial charge in [-0.1, -0.05) is 26.0 Å². The van der Waals surface area contributed by atoms with Gasteiger partial charge >= 0.3 is 5.97 Å². The predicted molar refractivity (Wildman–Crippen MR) is 122 cm³/mol. The normalized spacial score (nSPS) is 11.8. The van der Waals surface area contributed by atoms with Gasteiger partial charge in [-0.3, -0.25) is 0 Å². The number of benzene rings is 3. The van der Waals surface area contributed by atoms with Crippen LogP contribution >= 0.6 is 0 Å². The highest BCUT2D eigenvalue weighted by Crippen LogP contribution is 2.46. The second-order valence-electron chi connectivity index (χ2n) is 8.71. The molecule has 0 bridgehead atoms. The Morgan fingerprint density at radius 1 is 1.00 bits per heavy atom. The fraction of sp³-hybridized carbons (Fsp3) is 0.192. The number of aryl methyl sites for hydroxylation is 1. The second-order valence-corrected chi connectivity index (χ2v) is 8.71. The number of nitrogens with zero attached hydrogens (tertiary/aromatic N) is 1. The number of phenolic OH excluding ortho intramolecular Hbond substituents is 1. The fourth-order valence-corrected chi connectivity index (χ4v) is 4.15. The molecule has 5 nitrogen and oxygen atoms in total. The van der Waals surface area contributed by atoms with Gasteiger partial charge in [-0.05, 0) is 60.5 Å². The maximum Gasteiger partial charge on any atom is 0.335 e. The van der Waals surface area contributed by atoms with Crippen molar-refractivity contribution in [3.8, 4) is 22.6 Å². The van der Waals surface area contributed by atoms with E-state index in [1.54, 1.807) is 49.6 Å². The van der Waals surface area contributed by atoms with Gasteiger partial charge in [0, 0.05) is 22.4 Å². The van der Waals surface area contributed by atoms with Crippen molar-refractivity contribution in [1.29, 1.82) is 0 Å². The lowest BCUT2D eigenvalue weighted by atomic mass is 9.84. The molecule has 0 saturated heterocycles. The summed E-state index contributed by atoms with van der Waals surface area (Å²) >= 11 is 0. The molecule has 3 N–H and O–H groups in total. The van der Waals surface area contributed by atoms with E-state index in [1.165, 1.54) is 24.3 Å². The number of aromatic hydroxyl groups is 1. The molecule has 7 heteroatoms. The summed E-state index contributed by atoms with van der Waals surface area (Å²) in [6.45, 7) is 4.96. The van der Waals surface area contributed by atoms with E-state index in [1.807, 2.05) is 0 Å². The van der Waals surface area contributed by atoms with Gasteiger partial charge in [0.1, 0.15) is 5.82 Å². The van der Waals surface area contributed by atoms with Crippen LogP contribution in [0.4, 0.5) is 8.78 Å². The van der Waals surface area contributed by atoms with E-state index in [9.17, 15) is 28.9 Å². The minimum absolute atomic E-state index is 0.0787. The zero-order valence-corrected chi connectivity index (χ0v) is 18.4. The molecule has 0 radical (unpaired) electrons. The minimum atomic E-state index is -1.09. The number of aromatic nitrogens is 1. The number of halogens is 2. The second kappa shape index (κ2) is 8.01. The molecule has 4 rings (SSSR count). The van der Waals surface area contributed by atoms with Gasteiger partial charge in [-0.15, -0.1) is 0 Å². The number of carboxylic acid groups (broad SMARTS) is 1. The van der Waals surface area contributed by atoms with E-state index < -0.39 is 23.0 Å². The zero-order chi connectivity index (χ0) is 24.1. The fourth-order valence-electron chi connectivity index (χ4n) is 4.15. The SMILES string of the molecule is Cc1cc(-n2c(C(C)(C)CO)c(-c3ccc(C(=O)O)cc3)c3c(O)c(F)ccc32)ccc1F. The average molecular weight is 451 g/mol. The van der Waals surface area contributed by atoms with Crippen molar-refractivity contribution < 1.29 is 28.9 Å². The first-order valence-electron chi connectivity index (χ1n) is 10.3. The predicted octanol–water partition coefficient (Wildman–Crippen LogP) is 5.56. The van der Waals surface area contributed by atoms with Crippen LogP contribution < -0.4 is 0 Å². The van der Waals surface area contributed by atoms with Crippen molar-refractivity contribution in [3.05, 3.63) is 83.1 Å². The van der Waals surface area contributed by atoms with Gasteiger partial charge in [-0.25, -0.2) is 13.6 Å². The first-order chi connectivity index (χ1) is 15.6. The van der Waals surface area contributed by atoms with Crippen LogP contribution in [-0.4, -0.2) is 32.5 Å². The van der Waals surface area contributed by atoms with Crippen LogP contribution in [-0.2, 0) is 5.41 Å². The molecule has 0 amide bonds. The third-order valence-corrected chi connectivity index (χ3v) is 5.91. The van der Waals surface area contributed by atoms with Gasteiger partial charge in [0.15, 0.2) is 11.6 Å².